The Balaban J connectivity index is 1.54. The highest BCUT2D eigenvalue weighted by Crippen LogP contribution is 2.20. The van der Waals surface area contributed by atoms with Crippen molar-refractivity contribution in [3.05, 3.63) is 72.2 Å². The predicted octanol–water partition coefficient (Wildman–Crippen LogP) is 2.80. The number of carbonyl (C=O) groups is 1. The zero-order valence-electron chi connectivity index (χ0n) is 15.3. The number of amides is 1. The van der Waals surface area contributed by atoms with Gasteiger partial charge in [-0.05, 0) is 24.6 Å². The van der Waals surface area contributed by atoms with Gasteiger partial charge in [0.1, 0.15) is 0 Å². The molecule has 1 aromatic heterocycles. The minimum Gasteiger partial charge on any atom is -0.441 e. The summed E-state index contributed by atoms with van der Waals surface area (Å²) in [5.41, 5.74) is 1.71. The minimum absolute atomic E-state index is 0.0351. The fourth-order valence-electron chi connectivity index (χ4n) is 2.73. The Bertz CT molecular complexity index is 1040. The number of sulfonamides is 1. The standard InChI is InChI=1S/C20H21N3O4S/c1-14(15-7-9-17(10-8-15)28(21,25)26)23-19(24)11-12-20-22-13-18(27-20)16-5-3-2-4-6-16/h2-10,13-14H,11-12H2,1H3,(H,23,24)(H2,21,25,26). The molecule has 146 valence electrons. The zero-order valence-corrected chi connectivity index (χ0v) is 16.1. The van der Waals surface area contributed by atoms with Gasteiger partial charge in [-0.2, -0.15) is 0 Å². The molecule has 1 heterocycles. The fourth-order valence-corrected chi connectivity index (χ4v) is 3.24. The van der Waals surface area contributed by atoms with E-state index in [9.17, 15) is 13.2 Å². The topological polar surface area (TPSA) is 115 Å². The van der Waals surface area contributed by atoms with Crippen LogP contribution in [0, 0.1) is 0 Å². The fraction of sp³-hybridized carbons (Fsp3) is 0.200. The molecule has 0 aliphatic rings. The first-order valence-corrected chi connectivity index (χ1v) is 10.3. The number of nitrogens with two attached hydrogens (primary N) is 1. The Morgan fingerprint density at radius 1 is 1.14 bits per heavy atom. The van der Waals surface area contributed by atoms with Crippen LogP contribution in [0.3, 0.4) is 0 Å². The van der Waals surface area contributed by atoms with Gasteiger partial charge in [-0.25, -0.2) is 18.5 Å². The third kappa shape index (κ3) is 5.05. The van der Waals surface area contributed by atoms with Crippen LogP contribution in [0.4, 0.5) is 0 Å². The van der Waals surface area contributed by atoms with E-state index in [1.54, 1.807) is 18.3 Å². The third-order valence-corrected chi connectivity index (χ3v) is 5.19. The second kappa shape index (κ2) is 8.37. The first kappa shape index (κ1) is 19.8. The Morgan fingerprint density at radius 2 is 1.82 bits per heavy atom. The first-order valence-electron chi connectivity index (χ1n) is 8.75. The number of oxazole rings is 1. The van der Waals surface area contributed by atoms with Gasteiger partial charge in [-0.1, -0.05) is 42.5 Å². The van der Waals surface area contributed by atoms with E-state index in [-0.39, 0.29) is 23.3 Å². The van der Waals surface area contributed by atoms with E-state index >= 15 is 0 Å². The molecule has 0 aliphatic carbocycles. The summed E-state index contributed by atoms with van der Waals surface area (Å²) < 4.78 is 28.3. The maximum Gasteiger partial charge on any atom is 0.238 e. The molecule has 1 amide bonds. The summed E-state index contributed by atoms with van der Waals surface area (Å²) in [4.78, 5) is 16.5. The maximum atomic E-state index is 12.2. The van der Waals surface area contributed by atoms with Crippen molar-refractivity contribution in [1.82, 2.24) is 10.3 Å². The number of hydrogen-bond acceptors (Lipinski definition) is 5. The second-order valence-corrected chi connectivity index (χ2v) is 7.95. The van der Waals surface area contributed by atoms with E-state index in [2.05, 4.69) is 10.3 Å². The molecule has 1 atom stereocenters. The molecule has 1 unspecified atom stereocenters. The molecule has 0 spiro atoms. The van der Waals surface area contributed by atoms with Gasteiger partial charge in [0.2, 0.25) is 15.9 Å². The smallest absolute Gasteiger partial charge is 0.238 e. The van der Waals surface area contributed by atoms with Crippen LogP contribution < -0.4 is 10.5 Å². The molecular formula is C20H21N3O4S. The van der Waals surface area contributed by atoms with Crippen molar-refractivity contribution in [2.24, 2.45) is 5.14 Å². The van der Waals surface area contributed by atoms with Gasteiger partial charge in [0.25, 0.3) is 0 Å². The monoisotopic (exact) mass is 399 g/mol. The minimum atomic E-state index is -3.73. The number of carbonyl (C=O) groups excluding carboxylic acids is 1. The van der Waals surface area contributed by atoms with Crippen LogP contribution in [-0.4, -0.2) is 19.3 Å². The molecule has 0 fully saturated rings. The van der Waals surface area contributed by atoms with Crippen molar-refractivity contribution >= 4 is 15.9 Å². The summed E-state index contributed by atoms with van der Waals surface area (Å²) in [6.45, 7) is 1.82. The van der Waals surface area contributed by atoms with Gasteiger partial charge in [-0.15, -0.1) is 0 Å². The summed E-state index contributed by atoms with van der Waals surface area (Å²) >= 11 is 0. The highest BCUT2D eigenvalue weighted by Gasteiger charge is 2.13. The van der Waals surface area contributed by atoms with E-state index in [0.717, 1.165) is 11.1 Å². The number of hydrogen-bond donors (Lipinski definition) is 2. The lowest BCUT2D eigenvalue weighted by molar-refractivity contribution is -0.121. The molecule has 0 bridgehead atoms. The van der Waals surface area contributed by atoms with Gasteiger partial charge in [0.05, 0.1) is 17.1 Å². The molecule has 8 heteroatoms. The normalized spacial score (nSPS) is 12.5. The van der Waals surface area contributed by atoms with Crippen molar-refractivity contribution in [1.29, 1.82) is 0 Å². The van der Waals surface area contributed by atoms with E-state index < -0.39 is 10.0 Å². The summed E-state index contributed by atoms with van der Waals surface area (Å²) in [5.74, 6) is 1.01. The largest absolute Gasteiger partial charge is 0.441 e. The number of primary sulfonamides is 1. The lowest BCUT2D eigenvalue weighted by Gasteiger charge is -2.14. The van der Waals surface area contributed by atoms with Crippen molar-refractivity contribution in [3.63, 3.8) is 0 Å². The van der Waals surface area contributed by atoms with E-state index in [1.165, 1.54) is 12.1 Å². The van der Waals surface area contributed by atoms with Crippen molar-refractivity contribution in [3.8, 4) is 11.3 Å². The lowest BCUT2D eigenvalue weighted by Crippen LogP contribution is -2.26. The van der Waals surface area contributed by atoms with Crippen LogP contribution in [0.5, 0.6) is 0 Å². The molecule has 3 aromatic rings. The number of aryl methyl sites for hydroxylation is 1. The first-order chi connectivity index (χ1) is 13.3. The van der Waals surface area contributed by atoms with Crippen molar-refractivity contribution in [2.75, 3.05) is 0 Å². The summed E-state index contributed by atoms with van der Waals surface area (Å²) in [6.07, 6.45) is 2.27. The lowest BCUT2D eigenvalue weighted by atomic mass is 10.1. The van der Waals surface area contributed by atoms with Gasteiger partial charge in [0.15, 0.2) is 11.7 Å². The zero-order chi connectivity index (χ0) is 20.1. The Labute approximate surface area is 163 Å². The number of nitrogens with one attached hydrogen (secondary N) is 1. The molecule has 0 saturated carbocycles. The van der Waals surface area contributed by atoms with Crippen LogP contribution >= 0.6 is 0 Å². The van der Waals surface area contributed by atoms with Gasteiger partial charge < -0.3 is 9.73 Å². The maximum absolute atomic E-state index is 12.2. The number of benzene rings is 2. The molecule has 7 nitrogen and oxygen atoms in total. The van der Waals surface area contributed by atoms with Gasteiger partial charge >= 0.3 is 0 Å². The molecular weight excluding hydrogens is 378 g/mol. The quantitative estimate of drug-likeness (QED) is 0.634. The Hall–Kier alpha value is -2.97. The molecule has 0 aliphatic heterocycles. The average molecular weight is 399 g/mol. The molecule has 3 N–H and O–H groups in total. The highest BCUT2D eigenvalue weighted by molar-refractivity contribution is 7.89. The number of aromatic nitrogens is 1. The molecule has 2 aromatic carbocycles. The Morgan fingerprint density at radius 3 is 2.46 bits per heavy atom. The van der Waals surface area contributed by atoms with E-state index in [4.69, 9.17) is 9.56 Å². The van der Waals surface area contributed by atoms with Crippen LogP contribution in [0.1, 0.15) is 30.8 Å². The van der Waals surface area contributed by atoms with Crippen LogP contribution in [0.2, 0.25) is 0 Å². The van der Waals surface area contributed by atoms with Crippen molar-refractivity contribution in [2.45, 2.75) is 30.7 Å². The van der Waals surface area contributed by atoms with Crippen molar-refractivity contribution < 1.29 is 17.6 Å². The molecule has 3 rings (SSSR count). The SMILES string of the molecule is CC(NC(=O)CCc1ncc(-c2ccccc2)o1)c1ccc(S(N)(=O)=O)cc1. The molecule has 28 heavy (non-hydrogen) atoms. The summed E-state index contributed by atoms with van der Waals surface area (Å²) in [5, 5.41) is 7.96. The average Bonchev–Trinajstić information content (AvgIpc) is 3.15. The number of rotatable bonds is 7. The summed E-state index contributed by atoms with van der Waals surface area (Å²) in [6, 6.07) is 15.5. The van der Waals surface area contributed by atoms with E-state index in [1.807, 2.05) is 37.3 Å². The Kier molecular flexibility index (Phi) is 5.91. The third-order valence-electron chi connectivity index (χ3n) is 4.26. The van der Waals surface area contributed by atoms with Crippen LogP contribution in [0.25, 0.3) is 11.3 Å². The molecule has 0 radical (unpaired) electrons. The predicted molar refractivity (Wildman–Crippen MR) is 105 cm³/mol. The van der Waals surface area contributed by atoms with Crippen LogP contribution in [-0.2, 0) is 21.2 Å². The van der Waals surface area contributed by atoms with Gasteiger partial charge in [0, 0.05) is 18.4 Å². The summed E-state index contributed by atoms with van der Waals surface area (Å²) in [7, 11) is -3.73. The second-order valence-electron chi connectivity index (χ2n) is 6.39. The molecule has 0 saturated heterocycles. The highest BCUT2D eigenvalue weighted by atomic mass is 32.2. The number of nitrogens with zero attached hydrogens (tertiary/aromatic N) is 1. The van der Waals surface area contributed by atoms with E-state index in [0.29, 0.717) is 18.1 Å². The van der Waals surface area contributed by atoms with Gasteiger partial charge in [-0.3, -0.25) is 4.79 Å². The van der Waals surface area contributed by atoms with Crippen LogP contribution in [0.15, 0.2) is 70.1 Å².